The van der Waals surface area contributed by atoms with Crippen LogP contribution in [-0.2, 0) is 13.1 Å². The van der Waals surface area contributed by atoms with Crippen LogP contribution in [0.2, 0.25) is 0 Å². The van der Waals surface area contributed by atoms with Crippen molar-refractivity contribution in [3.8, 4) is 0 Å². The molecule has 2 atom stereocenters. The SMILES string of the molecule is CC1CCN(Cc2ccccc2)CC1N(C)Cc1ccccc1. The summed E-state index contributed by atoms with van der Waals surface area (Å²) < 4.78 is 0. The Hall–Kier alpha value is -1.64. The van der Waals surface area contributed by atoms with E-state index >= 15 is 0 Å². The van der Waals surface area contributed by atoms with E-state index in [4.69, 9.17) is 0 Å². The second-order valence-corrected chi connectivity index (χ2v) is 6.95. The van der Waals surface area contributed by atoms with Crippen LogP contribution in [0, 0.1) is 5.92 Å². The van der Waals surface area contributed by atoms with Crippen LogP contribution >= 0.6 is 0 Å². The second-order valence-electron chi connectivity index (χ2n) is 6.95. The third kappa shape index (κ3) is 4.43. The van der Waals surface area contributed by atoms with Gasteiger partial charge in [0.15, 0.2) is 0 Å². The second kappa shape index (κ2) is 7.76. The van der Waals surface area contributed by atoms with Crippen molar-refractivity contribution in [3.63, 3.8) is 0 Å². The van der Waals surface area contributed by atoms with Crippen molar-refractivity contribution in [2.45, 2.75) is 32.5 Å². The van der Waals surface area contributed by atoms with E-state index in [1.165, 1.54) is 30.6 Å². The molecule has 0 radical (unpaired) electrons. The van der Waals surface area contributed by atoms with Gasteiger partial charge in [-0.2, -0.15) is 0 Å². The first-order valence-corrected chi connectivity index (χ1v) is 8.73. The van der Waals surface area contributed by atoms with Crippen LogP contribution in [0.5, 0.6) is 0 Å². The smallest absolute Gasteiger partial charge is 0.0249 e. The highest BCUT2D eigenvalue weighted by atomic mass is 15.2. The van der Waals surface area contributed by atoms with E-state index < -0.39 is 0 Å². The molecule has 0 N–H and O–H groups in total. The summed E-state index contributed by atoms with van der Waals surface area (Å²) in [6.45, 7) is 6.90. The van der Waals surface area contributed by atoms with E-state index in [1.807, 2.05) is 0 Å². The molecule has 0 saturated carbocycles. The summed E-state index contributed by atoms with van der Waals surface area (Å²) in [6.07, 6.45) is 1.29. The lowest BCUT2D eigenvalue weighted by Gasteiger charge is -2.42. The normalized spacial score (nSPS) is 22.4. The molecule has 0 amide bonds. The standard InChI is InChI=1S/C21H28N2/c1-18-13-14-23(16-20-11-7-4-8-12-20)17-21(18)22(2)15-19-9-5-3-6-10-19/h3-12,18,21H,13-17H2,1-2H3. The molecule has 0 bridgehead atoms. The van der Waals surface area contributed by atoms with Gasteiger partial charge in [-0.05, 0) is 37.1 Å². The summed E-state index contributed by atoms with van der Waals surface area (Å²) in [7, 11) is 2.28. The molecular formula is C21H28N2. The molecule has 1 heterocycles. The molecule has 1 aliphatic rings. The van der Waals surface area contributed by atoms with Crippen LogP contribution in [0.15, 0.2) is 60.7 Å². The van der Waals surface area contributed by atoms with Crippen LogP contribution in [0.4, 0.5) is 0 Å². The van der Waals surface area contributed by atoms with E-state index in [9.17, 15) is 0 Å². The lowest BCUT2D eigenvalue weighted by atomic mass is 9.91. The Labute approximate surface area is 140 Å². The van der Waals surface area contributed by atoms with Crippen molar-refractivity contribution < 1.29 is 0 Å². The van der Waals surface area contributed by atoms with Crippen LogP contribution < -0.4 is 0 Å². The summed E-state index contributed by atoms with van der Waals surface area (Å²) in [4.78, 5) is 5.15. The summed E-state index contributed by atoms with van der Waals surface area (Å²) >= 11 is 0. The number of likely N-dealkylation sites (N-methyl/N-ethyl adjacent to an activating group) is 1. The zero-order chi connectivity index (χ0) is 16.1. The first-order valence-electron chi connectivity index (χ1n) is 8.73. The Morgan fingerprint density at radius 1 is 0.957 bits per heavy atom. The fraction of sp³-hybridized carbons (Fsp3) is 0.429. The zero-order valence-corrected chi connectivity index (χ0v) is 14.4. The Balaban J connectivity index is 1.61. The van der Waals surface area contributed by atoms with Gasteiger partial charge in [-0.3, -0.25) is 9.80 Å². The van der Waals surface area contributed by atoms with E-state index in [0.717, 1.165) is 19.0 Å². The van der Waals surface area contributed by atoms with E-state index in [1.54, 1.807) is 0 Å². The minimum atomic E-state index is 0.632. The van der Waals surface area contributed by atoms with Gasteiger partial charge in [-0.1, -0.05) is 67.6 Å². The molecule has 2 aromatic carbocycles. The van der Waals surface area contributed by atoms with Gasteiger partial charge in [-0.15, -0.1) is 0 Å². The summed E-state index contributed by atoms with van der Waals surface area (Å²) in [5.74, 6) is 0.760. The van der Waals surface area contributed by atoms with Crippen LogP contribution in [0.25, 0.3) is 0 Å². The minimum Gasteiger partial charge on any atom is -0.298 e. The highest BCUT2D eigenvalue weighted by Crippen LogP contribution is 2.23. The van der Waals surface area contributed by atoms with Crippen molar-refractivity contribution >= 4 is 0 Å². The fourth-order valence-electron chi connectivity index (χ4n) is 3.66. The van der Waals surface area contributed by atoms with Gasteiger partial charge in [0.25, 0.3) is 0 Å². The predicted octanol–water partition coefficient (Wildman–Crippen LogP) is 4.03. The highest BCUT2D eigenvalue weighted by Gasteiger charge is 2.29. The van der Waals surface area contributed by atoms with E-state index in [0.29, 0.717) is 6.04 Å². The van der Waals surface area contributed by atoms with Crippen LogP contribution in [0.1, 0.15) is 24.5 Å². The first kappa shape index (κ1) is 16.2. The Bertz CT molecular complexity index is 581. The van der Waals surface area contributed by atoms with Gasteiger partial charge in [0.05, 0.1) is 0 Å². The van der Waals surface area contributed by atoms with Gasteiger partial charge in [-0.25, -0.2) is 0 Å². The maximum absolute atomic E-state index is 2.61. The van der Waals surface area contributed by atoms with Crippen molar-refractivity contribution in [2.75, 3.05) is 20.1 Å². The molecule has 2 heteroatoms. The van der Waals surface area contributed by atoms with Crippen molar-refractivity contribution in [1.29, 1.82) is 0 Å². The molecule has 23 heavy (non-hydrogen) atoms. The Morgan fingerprint density at radius 2 is 1.57 bits per heavy atom. The maximum atomic E-state index is 2.61. The van der Waals surface area contributed by atoms with Gasteiger partial charge >= 0.3 is 0 Å². The summed E-state index contributed by atoms with van der Waals surface area (Å²) in [6, 6.07) is 22.3. The van der Waals surface area contributed by atoms with Gasteiger partial charge in [0.1, 0.15) is 0 Å². The van der Waals surface area contributed by atoms with Crippen molar-refractivity contribution in [1.82, 2.24) is 9.80 Å². The first-order chi connectivity index (χ1) is 11.2. The lowest BCUT2D eigenvalue weighted by molar-refractivity contribution is 0.0671. The third-order valence-corrected chi connectivity index (χ3v) is 5.09. The number of hydrogen-bond donors (Lipinski definition) is 0. The zero-order valence-electron chi connectivity index (χ0n) is 14.4. The Kier molecular flexibility index (Phi) is 5.47. The number of benzene rings is 2. The highest BCUT2D eigenvalue weighted by molar-refractivity contribution is 5.15. The molecule has 1 aliphatic heterocycles. The average Bonchev–Trinajstić information content (AvgIpc) is 2.58. The number of rotatable bonds is 5. The molecule has 0 spiro atoms. The molecule has 0 aromatic heterocycles. The average molecular weight is 308 g/mol. The molecule has 3 rings (SSSR count). The van der Waals surface area contributed by atoms with Gasteiger partial charge in [0.2, 0.25) is 0 Å². The molecular weight excluding hydrogens is 280 g/mol. The van der Waals surface area contributed by atoms with Crippen molar-refractivity contribution in [3.05, 3.63) is 71.8 Å². The molecule has 1 fully saturated rings. The van der Waals surface area contributed by atoms with Gasteiger partial charge < -0.3 is 0 Å². The van der Waals surface area contributed by atoms with E-state index in [-0.39, 0.29) is 0 Å². The Morgan fingerprint density at radius 3 is 2.22 bits per heavy atom. The molecule has 1 saturated heterocycles. The van der Waals surface area contributed by atoms with Crippen LogP contribution in [0.3, 0.4) is 0 Å². The minimum absolute atomic E-state index is 0.632. The number of nitrogens with zero attached hydrogens (tertiary/aromatic N) is 2. The quantitative estimate of drug-likeness (QED) is 0.823. The molecule has 2 unspecified atom stereocenters. The summed E-state index contributed by atoms with van der Waals surface area (Å²) in [5, 5.41) is 0. The topological polar surface area (TPSA) is 6.48 Å². The number of likely N-dealkylation sites (tertiary alicyclic amines) is 1. The lowest BCUT2D eigenvalue weighted by Crippen LogP contribution is -2.50. The number of piperidine rings is 1. The largest absolute Gasteiger partial charge is 0.298 e. The van der Waals surface area contributed by atoms with Crippen molar-refractivity contribution in [2.24, 2.45) is 5.92 Å². The predicted molar refractivity (Wildman–Crippen MR) is 97.2 cm³/mol. The summed E-state index contributed by atoms with van der Waals surface area (Å²) in [5.41, 5.74) is 2.83. The number of hydrogen-bond acceptors (Lipinski definition) is 2. The molecule has 2 aromatic rings. The molecule has 122 valence electrons. The third-order valence-electron chi connectivity index (χ3n) is 5.09. The van der Waals surface area contributed by atoms with E-state index in [2.05, 4.69) is 84.4 Å². The van der Waals surface area contributed by atoms with Crippen LogP contribution in [-0.4, -0.2) is 36.0 Å². The molecule has 0 aliphatic carbocycles. The molecule has 2 nitrogen and oxygen atoms in total. The monoisotopic (exact) mass is 308 g/mol. The fourth-order valence-corrected chi connectivity index (χ4v) is 3.66. The maximum Gasteiger partial charge on any atom is 0.0249 e. The van der Waals surface area contributed by atoms with Gasteiger partial charge in [0, 0.05) is 25.7 Å².